The van der Waals surface area contributed by atoms with Gasteiger partial charge in [-0.05, 0) is 29.2 Å². The summed E-state index contributed by atoms with van der Waals surface area (Å²) in [6, 6.07) is 14.2. The maximum absolute atomic E-state index is 12.0. The number of carbonyl (C=O) groups is 1. The van der Waals surface area contributed by atoms with Gasteiger partial charge in [-0.3, -0.25) is 4.79 Å². The molecule has 0 radical (unpaired) electrons. The van der Waals surface area contributed by atoms with E-state index in [1.165, 1.54) is 19.3 Å². The van der Waals surface area contributed by atoms with Gasteiger partial charge in [0, 0.05) is 6.21 Å². The highest BCUT2D eigenvalue weighted by molar-refractivity contribution is 5.90. The first kappa shape index (κ1) is 16.2. The molecule has 0 heterocycles. The van der Waals surface area contributed by atoms with Gasteiger partial charge >= 0.3 is 0 Å². The van der Waals surface area contributed by atoms with E-state index in [4.69, 9.17) is 0 Å². The molecular weight excluding hydrogens is 272 g/mol. The molecule has 3 heteroatoms. The molecule has 0 bridgehead atoms. The number of nitrogens with one attached hydrogen (secondary N) is 1. The molecule has 0 atom stereocenters. The first-order chi connectivity index (χ1) is 10.8. The van der Waals surface area contributed by atoms with Gasteiger partial charge in [0.15, 0.2) is 0 Å². The molecular formula is C19H24N2O. The Morgan fingerprint density at radius 2 is 1.91 bits per heavy atom. The topological polar surface area (TPSA) is 41.5 Å². The number of hydrogen-bond donors (Lipinski definition) is 1. The van der Waals surface area contributed by atoms with Crippen molar-refractivity contribution in [3.05, 3.63) is 48.0 Å². The summed E-state index contributed by atoms with van der Waals surface area (Å²) in [4.78, 5) is 12.0. The van der Waals surface area contributed by atoms with Gasteiger partial charge in [-0.1, -0.05) is 68.7 Å². The SMILES string of the molecule is CCCCCC/C=N/NC(=O)Cc1cccc2ccccc12. The van der Waals surface area contributed by atoms with Crippen LogP contribution in [-0.2, 0) is 11.2 Å². The van der Waals surface area contributed by atoms with E-state index in [0.717, 1.165) is 29.2 Å². The summed E-state index contributed by atoms with van der Waals surface area (Å²) in [5.41, 5.74) is 3.65. The van der Waals surface area contributed by atoms with Crippen molar-refractivity contribution >= 4 is 22.9 Å². The van der Waals surface area contributed by atoms with Gasteiger partial charge in [-0.25, -0.2) is 5.43 Å². The summed E-state index contributed by atoms with van der Waals surface area (Å²) in [6.07, 6.45) is 7.95. The van der Waals surface area contributed by atoms with Crippen LogP contribution >= 0.6 is 0 Å². The number of rotatable bonds is 8. The second-order valence-electron chi connectivity index (χ2n) is 5.51. The molecule has 0 saturated carbocycles. The fourth-order valence-electron chi connectivity index (χ4n) is 2.50. The molecule has 1 amide bonds. The molecule has 0 spiro atoms. The average Bonchev–Trinajstić information content (AvgIpc) is 2.54. The quantitative estimate of drug-likeness (QED) is 0.436. The number of benzene rings is 2. The van der Waals surface area contributed by atoms with Crippen molar-refractivity contribution in [3.8, 4) is 0 Å². The number of unbranched alkanes of at least 4 members (excludes halogenated alkanes) is 4. The van der Waals surface area contributed by atoms with Gasteiger partial charge in [0.2, 0.25) is 5.91 Å². The van der Waals surface area contributed by atoms with Crippen LogP contribution in [0, 0.1) is 0 Å². The van der Waals surface area contributed by atoms with E-state index in [0.29, 0.717) is 6.42 Å². The van der Waals surface area contributed by atoms with Crippen molar-refractivity contribution in [3.63, 3.8) is 0 Å². The molecule has 0 aromatic heterocycles. The fraction of sp³-hybridized carbons (Fsp3) is 0.368. The minimum Gasteiger partial charge on any atom is -0.273 e. The second kappa shape index (κ2) is 8.98. The standard InChI is InChI=1S/C19H24N2O/c1-2-3-4-5-8-14-20-21-19(22)15-17-12-9-11-16-10-6-7-13-18(16)17/h6-7,9-14H,2-5,8,15H2,1H3,(H,21,22)/b20-14+. The first-order valence-electron chi connectivity index (χ1n) is 8.08. The Labute approximate surface area is 132 Å². The summed E-state index contributed by atoms with van der Waals surface area (Å²) in [6.45, 7) is 2.20. The molecule has 1 N–H and O–H groups in total. The lowest BCUT2D eigenvalue weighted by Crippen LogP contribution is -2.19. The number of carbonyl (C=O) groups excluding carboxylic acids is 1. The highest BCUT2D eigenvalue weighted by Crippen LogP contribution is 2.18. The van der Waals surface area contributed by atoms with Crippen molar-refractivity contribution < 1.29 is 4.79 Å². The number of nitrogens with zero attached hydrogens (tertiary/aromatic N) is 1. The van der Waals surface area contributed by atoms with E-state index in [9.17, 15) is 4.79 Å². The zero-order chi connectivity index (χ0) is 15.6. The van der Waals surface area contributed by atoms with Crippen LogP contribution in [0.4, 0.5) is 0 Å². The van der Waals surface area contributed by atoms with Crippen molar-refractivity contribution in [1.82, 2.24) is 5.43 Å². The normalized spacial score (nSPS) is 11.1. The van der Waals surface area contributed by atoms with Crippen LogP contribution in [0.15, 0.2) is 47.6 Å². The lowest BCUT2D eigenvalue weighted by Gasteiger charge is -2.05. The minimum atomic E-state index is -0.0684. The average molecular weight is 296 g/mol. The Morgan fingerprint density at radius 1 is 1.09 bits per heavy atom. The maximum atomic E-state index is 12.0. The van der Waals surface area contributed by atoms with Gasteiger partial charge in [0.1, 0.15) is 0 Å². The molecule has 0 fully saturated rings. The Bertz CT molecular complexity index is 629. The van der Waals surface area contributed by atoms with Crippen molar-refractivity contribution in [2.45, 2.75) is 45.4 Å². The molecule has 0 saturated heterocycles. The van der Waals surface area contributed by atoms with Crippen LogP contribution in [-0.4, -0.2) is 12.1 Å². The van der Waals surface area contributed by atoms with Crippen LogP contribution in [0.3, 0.4) is 0 Å². The predicted octanol–water partition coefficient (Wildman–Crippen LogP) is 4.45. The van der Waals surface area contributed by atoms with Crippen molar-refractivity contribution in [2.24, 2.45) is 5.10 Å². The Balaban J connectivity index is 1.82. The second-order valence-corrected chi connectivity index (χ2v) is 5.51. The minimum absolute atomic E-state index is 0.0684. The Kier molecular flexibility index (Phi) is 6.62. The largest absolute Gasteiger partial charge is 0.273 e. The summed E-state index contributed by atoms with van der Waals surface area (Å²) in [5, 5.41) is 6.31. The maximum Gasteiger partial charge on any atom is 0.244 e. The zero-order valence-corrected chi connectivity index (χ0v) is 13.2. The van der Waals surface area contributed by atoms with E-state index >= 15 is 0 Å². The zero-order valence-electron chi connectivity index (χ0n) is 13.2. The first-order valence-corrected chi connectivity index (χ1v) is 8.08. The van der Waals surface area contributed by atoms with E-state index in [-0.39, 0.29) is 5.91 Å². The summed E-state index contributed by atoms with van der Waals surface area (Å²) in [7, 11) is 0. The fourth-order valence-corrected chi connectivity index (χ4v) is 2.50. The highest BCUT2D eigenvalue weighted by atomic mass is 16.2. The van der Waals surface area contributed by atoms with Gasteiger partial charge in [-0.2, -0.15) is 5.10 Å². The van der Waals surface area contributed by atoms with E-state index in [1.54, 1.807) is 6.21 Å². The summed E-state index contributed by atoms with van der Waals surface area (Å²) < 4.78 is 0. The van der Waals surface area contributed by atoms with Crippen LogP contribution < -0.4 is 5.43 Å². The summed E-state index contributed by atoms with van der Waals surface area (Å²) >= 11 is 0. The molecule has 116 valence electrons. The lowest BCUT2D eigenvalue weighted by atomic mass is 10.0. The van der Waals surface area contributed by atoms with Gasteiger partial charge in [-0.15, -0.1) is 0 Å². The van der Waals surface area contributed by atoms with E-state index in [2.05, 4.69) is 35.7 Å². The van der Waals surface area contributed by atoms with Crippen LogP contribution in [0.25, 0.3) is 10.8 Å². The Hall–Kier alpha value is -2.16. The lowest BCUT2D eigenvalue weighted by molar-refractivity contribution is -0.120. The molecule has 0 unspecified atom stereocenters. The number of fused-ring (bicyclic) bond motifs is 1. The number of amides is 1. The van der Waals surface area contributed by atoms with Gasteiger partial charge in [0.25, 0.3) is 0 Å². The molecule has 0 aliphatic heterocycles. The molecule has 2 aromatic carbocycles. The molecule has 0 aliphatic rings. The Morgan fingerprint density at radius 3 is 2.77 bits per heavy atom. The molecule has 3 nitrogen and oxygen atoms in total. The monoisotopic (exact) mass is 296 g/mol. The van der Waals surface area contributed by atoms with Crippen molar-refractivity contribution in [2.75, 3.05) is 0 Å². The molecule has 2 rings (SSSR count). The number of hydrogen-bond acceptors (Lipinski definition) is 2. The third-order valence-corrected chi connectivity index (χ3v) is 3.70. The van der Waals surface area contributed by atoms with E-state index < -0.39 is 0 Å². The predicted molar refractivity (Wildman–Crippen MR) is 93.0 cm³/mol. The van der Waals surface area contributed by atoms with Crippen LogP contribution in [0.1, 0.15) is 44.6 Å². The van der Waals surface area contributed by atoms with Gasteiger partial charge < -0.3 is 0 Å². The van der Waals surface area contributed by atoms with E-state index in [1.807, 2.05) is 24.3 Å². The van der Waals surface area contributed by atoms with Crippen LogP contribution in [0.2, 0.25) is 0 Å². The molecule has 2 aromatic rings. The molecule has 0 aliphatic carbocycles. The van der Waals surface area contributed by atoms with Gasteiger partial charge in [0.05, 0.1) is 6.42 Å². The third kappa shape index (κ3) is 4.99. The number of hydrazone groups is 1. The van der Waals surface area contributed by atoms with Crippen LogP contribution in [0.5, 0.6) is 0 Å². The third-order valence-electron chi connectivity index (χ3n) is 3.70. The smallest absolute Gasteiger partial charge is 0.244 e. The highest BCUT2D eigenvalue weighted by Gasteiger charge is 2.05. The summed E-state index contributed by atoms with van der Waals surface area (Å²) in [5.74, 6) is -0.0684. The molecule has 22 heavy (non-hydrogen) atoms. The van der Waals surface area contributed by atoms with Crippen molar-refractivity contribution in [1.29, 1.82) is 0 Å².